The number of likely N-dealkylation sites (tertiary alicyclic amines) is 1. The molecule has 0 spiro atoms. The van der Waals surface area contributed by atoms with E-state index in [2.05, 4.69) is 10.2 Å². The van der Waals surface area contributed by atoms with Gasteiger partial charge in [0.2, 0.25) is 0 Å². The lowest BCUT2D eigenvalue weighted by Crippen LogP contribution is -2.36. The van der Waals surface area contributed by atoms with Gasteiger partial charge in [-0.2, -0.15) is 13.2 Å². The number of rotatable bonds is 4. The molecule has 2 aromatic carbocycles. The molecule has 4 nitrogen and oxygen atoms in total. The van der Waals surface area contributed by atoms with Gasteiger partial charge in [-0.1, -0.05) is 6.07 Å². The number of aryl methyl sites for hydroxylation is 2. The standard InChI is InChI=1S/C22H25F3N2O2/c1-14-4-5-16(12-15(14)2)21(28)26-17-6-7-20(19(13-17)22(23,24)25)29-18-8-10-27(3)11-9-18/h4-7,12-13,18H,8-11H2,1-3H3,(H,26,28). The molecule has 1 aliphatic heterocycles. The van der Waals surface area contributed by atoms with Crippen LogP contribution < -0.4 is 10.1 Å². The van der Waals surface area contributed by atoms with Crippen LogP contribution in [0.1, 0.15) is 39.9 Å². The van der Waals surface area contributed by atoms with Crippen molar-refractivity contribution in [2.75, 3.05) is 25.5 Å². The molecule has 0 unspecified atom stereocenters. The SMILES string of the molecule is Cc1ccc(C(=O)Nc2ccc(OC3CCN(C)CC3)c(C(F)(F)F)c2)cc1C. The van der Waals surface area contributed by atoms with Gasteiger partial charge in [0.25, 0.3) is 5.91 Å². The molecule has 29 heavy (non-hydrogen) atoms. The number of nitrogens with zero attached hydrogens (tertiary/aromatic N) is 1. The van der Waals surface area contributed by atoms with Crippen molar-refractivity contribution in [1.29, 1.82) is 0 Å². The topological polar surface area (TPSA) is 41.6 Å². The first-order valence-corrected chi connectivity index (χ1v) is 9.58. The highest BCUT2D eigenvalue weighted by molar-refractivity contribution is 6.04. The van der Waals surface area contributed by atoms with Gasteiger partial charge in [0.15, 0.2) is 0 Å². The van der Waals surface area contributed by atoms with Crippen molar-refractivity contribution >= 4 is 11.6 Å². The van der Waals surface area contributed by atoms with E-state index < -0.39 is 17.6 Å². The minimum atomic E-state index is -4.58. The van der Waals surface area contributed by atoms with Gasteiger partial charge >= 0.3 is 6.18 Å². The third-order valence-corrected chi connectivity index (χ3v) is 5.27. The second kappa shape index (κ2) is 8.45. The average Bonchev–Trinajstić information content (AvgIpc) is 2.66. The predicted octanol–water partition coefficient (Wildman–Crippen LogP) is 5.05. The average molecular weight is 406 g/mol. The lowest BCUT2D eigenvalue weighted by Gasteiger charge is -2.30. The summed E-state index contributed by atoms with van der Waals surface area (Å²) in [6.07, 6.45) is -3.47. The Hall–Kier alpha value is -2.54. The highest BCUT2D eigenvalue weighted by atomic mass is 19.4. The summed E-state index contributed by atoms with van der Waals surface area (Å²) in [5.74, 6) is -0.651. The first-order valence-electron chi connectivity index (χ1n) is 9.58. The van der Waals surface area contributed by atoms with Crippen LogP contribution in [0.25, 0.3) is 0 Å². The molecule has 0 atom stereocenters. The number of carbonyl (C=O) groups is 1. The third-order valence-electron chi connectivity index (χ3n) is 5.27. The fourth-order valence-corrected chi connectivity index (χ4v) is 3.30. The fourth-order valence-electron chi connectivity index (χ4n) is 3.30. The first kappa shape index (κ1) is 21.2. The van der Waals surface area contributed by atoms with E-state index >= 15 is 0 Å². The lowest BCUT2D eigenvalue weighted by atomic mass is 10.1. The Labute approximate surface area is 168 Å². The minimum absolute atomic E-state index is 0.0799. The molecule has 0 aromatic heterocycles. The molecular formula is C22H25F3N2O2. The van der Waals surface area contributed by atoms with Gasteiger partial charge in [0, 0.05) is 24.3 Å². The molecule has 0 aliphatic carbocycles. The smallest absolute Gasteiger partial charge is 0.420 e. The van der Waals surface area contributed by atoms with Crippen LogP contribution in [0.3, 0.4) is 0 Å². The number of hydrogen-bond acceptors (Lipinski definition) is 3. The van der Waals surface area contributed by atoms with Crippen molar-refractivity contribution in [2.24, 2.45) is 0 Å². The summed E-state index contributed by atoms with van der Waals surface area (Å²) in [5.41, 5.74) is 1.57. The molecule has 1 aliphatic rings. The molecule has 3 rings (SSSR count). The molecule has 1 saturated heterocycles. The number of hydrogen-bond donors (Lipinski definition) is 1. The molecule has 0 bridgehead atoms. The van der Waals surface area contributed by atoms with Gasteiger partial charge < -0.3 is 15.0 Å². The van der Waals surface area contributed by atoms with Crippen LogP contribution in [0.4, 0.5) is 18.9 Å². The van der Waals surface area contributed by atoms with Crippen LogP contribution in [0.15, 0.2) is 36.4 Å². The van der Waals surface area contributed by atoms with Crippen LogP contribution in [-0.2, 0) is 6.18 Å². The Balaban J connectivity index is 1.79. The number of carbonyl (C=O) groups excluding carboxylic acids is 1. The molecular weight excluding hydrogens is 381 g/mol. The Kier molecular flexibility index (Phi) is 6.17. The van der Waals surface area contributed by atoms with E-state index in [0.29, 0.717) is 18.4 Å². The number of ether oxygens (including phenoxy) is 1. The number of benzene rings is 2. The Bertz CT molecular complexity index is 888. The maximum atomic E-state index is 13.6. The molecule has 2 aromatic rings. The minimum Gasteiger partial charge on any atom is -0.490 e. The van der Waals surface area contributed by atoms with Crippen LogP contribution in [0, 0.1) is 13.8 Å². The lowest BCUT2D eigenvalue weighted by molar-refractivity contribution is -0.139. The zero-order chi connectivity index (χ0) is 21.2. The molecule has 1 heterocycles. The summed E-state index contributed by atoms with van der Waals surface area (Å²) < 4.78 is 46.5. The van der Waals surface area contributed by atoms with Gasteiger partial charge in [-0.3, -0.25) is 4.79 Å². The third kappa shape index (κ3) is 5.29. The quantitative estimate of drug-likeness (QED) is 0.773. The van der Waals surface area contributed by atoms with Crippen LogP contribution in [0.2, 0.25) is 0 Å². The van der Waals surface area contributed by atoms with Crippen molar-refractivity contribution in [1.82, 2.24) is 4.90 Å². The summed E-state index contributed by atoms with van der Waals surface area (Å²) >= 11 is 0. The highest BCUT2D eigenvalue weighted by Crippen LogP contribution is 2.39. The maximum Gasteiger partial charge on any atom is 0.420 e. The Morgan fingerprint density at radius 3 is 2.38 bits per heavy atom. The largest absolute Gasteiger partial charge is 0.490 e. The van der Waals surface area contributed by atoms with E-state index in [0.717, 1.165) is 30.3 Å². The van der Waals surface area contributed by atoms with Gasteiger partial charge in [0.05, 0.1) is 5.56 Å². The van der Waals surface area contributed by atoms with Crippen LogP contribution in [0.5, 0.6) is 5.75 Å². The molecule has 7 heteroatoms. The zero-order valence-electron chi connectivity index (χ0n) is 16.8. The van der Waals surface area contributed by atoms with Crippen molar-refractivity contribution in [3.05, 3.63) is 58.7 Å². The van der Waals surface area contributed by atoms with Crippen LogP contribution >= 0.6 is 0 Å². The molecule has 1 N–H and O–H groups in total. The van der Waals surface area contributed by atoms with Gasteiger partial charge in [0.1, 0.15) is 11.9 Å². The second-order valence-electron chi connectivity index (χ2n) is 7.58. The normalized spacial score (nSPS) is 15.9. The number of nitrogens with one attached hydrogen (secondary N) is 1. The molecule has 1 fully saturated rings. The highest BCUT2D eigenvalue weighted by Gasteiger charge is 2.35. The summed E-state index contributed by atoms with van der Waals surface area (Å²) in [5, 5.41) is 2.55. The van der Waals surface area contributed by atoms with E-state index in [1.807, 2.05) is 27.0 Å². The number of piperidine rings is 1. The number of alkyl halides is 3. The number of halogens is 3. The van der Waals surface area contributed by atoms with Crippen molar-refractivity contribution in [2.45, 2.75) is 39.0 Å². The molecule has 1 amide bonds. The maximum absolute atomic E-state index is 13.6. The summed E-state index contributed by atoms with van der Waals surface area (Å²) in [7, 11) is 1.98. The van der Waals surface area contributed by atoms with E-state index in [4.69, 9.17) is 4.74 Å². The van der Waals surface area contributed by atoms with E-state index in [9.17, 15) is 18.0 Å². The van der Waals surface area contributed by atoms with Crippen molar-refractivity contribution in [3.63, 3.8) is 0 Å². The van der Waals surface area contributed by atoms with E-state index in [1.165, 1.54) is 12.1 Å². The summed E-state index contributed by atoms with van der Waals surface area (Å²) in [4.78, 5) is 14.6. The summed E-state index contributed by atoms with van der Waals surface area (Å²) in [6.45, 7) is 5.38. The van der Waals surface area contributed by atoms with Crippen LogP contribution in [-0.4, -0.2) is 37.0 Å². The fraction of sp³-hybridized carbons (Fsp3) is 0.409. The number of amides is 1. The number of anilines is 1. The van der Waals surface area contributed by atoms with Crippen molar-refractivity contribution < 1.29 is 22.7 Å². The Morgan fingerprint density at radius 1 is 1.07 bits per heavy atom. The second-order valence-corrected chi connectivity index (χ2v) is 7.58. The van der Waals surface area contributed by atoms with Gasteiger partial charge in [-0.15, -0.1) is 0 Å². The predicted molar refractivity (Wildman–Crippen MR) is 106 cm³/mol. The van der Waals surface area contributed by atoms with E-state index in [-0.39, 0.29) is 17.5 Å². The molecule has 0 saturated carbocycles. The molecule has 156 valence electrons. The van der Waals surface area contributed by atoms with E-state index in [1.54, 1.807) is 12.1 Å². The van der Waals surface area contributed by atoms with Gasteiger partial charge in [-0.05, 0) is 75.2 Å². The monoisotopic (exact) mass is 406 g/mol. The van der Waals surface area contributed by atoms with Crippen molar-refractivity contribution in [3.8, 4) is 5.75 Å². The molecule has 0 radical (unpaired) electrons. The van der Waals surface area contributed by atoms with Gasteiger partial charge in [-0.25, -0.2) is 0 Å². The Morgan fingerprint density at radius 2 is 1.76 bits per heavy atom. The summed E-state index contributed by atoms with van der Waals surface area (Å²) in [6, 6.07) is 8.84. The zero-order valence-corrected chi connectivity index (χ0v) is 16.8. The first-order chi connectivity index (χ1) is 13.6.